The van der Waals surface area contributed by atoms with Crippen molar-refractivity contribution in [2.45, 2.75) is 19.3 Å². The van der Waals surface area contributed by atoms with Crippen molar-refractivity contribution in [3.63, 3.8) is 0 Å². The van der Waals surface area contributed by atoms with Crippen LogP contribution in [0.5, 0.6) is 0 Å². The maximum atomic E-state index is 9.70. The molecule has 0 aromatic rings. The summed E-state index contributed by atoms with van der Waals surface area (Å²) >= 11 is 0. The van der Waals surface area contributed by atoms with Crippen LogP contribution < -0.4 is 0 Å². The van der Waals surface area contributed by atoms with Crippen molar-refractivity contribution < 1.29 is 5.11 Å². The van der Waals surface area contributed by atoms with Crippen LogP contribution in [-0.2, 0) is 0 Å². The van der Waals surface area contributed by atoms with Crippen molar-refractivity contribution in [2.75, 3.05) is 19.6 Å². The SMILES string of the molecule is C=N/C=C/CN1CC[C@H]2CC(O)=C[C@H]3CC23C1. The van der Waals surface area contributed by atoms with Crippen LogP contribution in [0, 0.1) is 17.3 Å². The molecule has 2 fully saturated rings. The van der Waals surface area contributed by atoms with Gasteiger partial charge in [-0.25, -0.2) is 0 Å². The van der Waals surface area contributed by atoms with Crippen LogP contribution in [0.15, 0.2) is 29.1 Å². The van der Waals surface area contributed by atoms with Gasteiger partial charge in [-0.1, -0.05) is 6.08 Å². The fourth-order valence-electron chi connectivity index (χ4n) is 3.76. The maximum Gasteiger partial charge on any atom is 0.0888 e. The van der Waals surface area contributed by atoms with E-state index in [1.54, 1.807) is 6.20 Å². The van der Waals surface area contributed by atoms with Gasteiger partial charge in [0.15, 0.2) is 0 Å². The minimum Gasteiger partial charge on any atom is -0.513 e. The number of rotatable bonds is 3. The van der Waals surface area contributed by atoms with Crippen LogP contribution in [0.25, 0.3) is 0 Å². The smallest absolute Gasteiger partial charge is 0.0888 e. The molecular weight excluding hydrogens is 212 g/mol. The molecule has 3 aliphatic rings. The normalized spacial score (nSPS) is 40.6. The summed E-state index contributed by atoms with van der Waals surface area (Å²) < 4.78 is 0. The Balaban J connectivity index is 1.66. The second-order valence-electron chi connectivity index (χ2n) is 5.69. The Kier molecular flexibility index (Phi) is 2.58. The predicted molar refractivity (Wildman–Crippen MR) is 69.1 cm³/mol. The van der Waals surface area contributed by atoms with E-state index in [1.165, 1.54) is 19.4 Å². The van der Waals surface area contributed by atoms with Gasteiger partial charge in [-0.2, -0.15) is 0 Å². The summed E-state index contributed by atoms with van der Waals surface area (Å²) in [6.45, 7) is 6.77. The molecule has 0 aromatic heterocycles. The molecule has 3 heteroatoms. The Labute approximate surface area is 103 Å². The van der Waals surface area contributed by atoms with Crippen LogP contribution in [-0.4, -0.2) is 36.4 Å². The number of aliphatic hydroxyl groups is 1. The van der Waals surface area contributed by atoms with Crippen LogP contribution in [0.1, 0.15) is 19.3 Å². The van der Waals surface area contributed by atoms with Crippen molar-refractivity contribution >= 4 is 6.72 Å². The second kappa shape index (κ2) is 3.98. The van der Waals surface area contributed by atoms with Gasteiger partial charge in [0.1, 0.15) is 0 Å². The molecule has 92 valence electrons. The number of nitrogens with zero attached hydrogens (tertiary/aromatic N) is 2. The summed E-state index contributed by atoms with van der Waals surface area (Å²) in [4.78, 5) is 6.25. The van der Waals surface area contributed by atoms with E-state index in [0.29, 0.717) is 17.1 Å². The number of hydrogen-bond acceptors (Lipinski definition) is 3. The van der Waals surface area contributed by atoms with E-state index in [1.807, 2.05) is 0 Å². The molecule has 2 aliphatic carbocycles. The lowest BCUT2D eigenvalue weighted by Crippen LogP contribution is -2.43. The maximum absolute atomic E-state index is 9.70. The summed E-state index contributed by atoms with van der Waals surface area (Å²) in [5.41, 5.74) is 0.500. The third-order valence-corrected chi connectivity index (χ3v) is 4.73. The molecule has 3 atom stereocenters. The van der Waals surface area contributed by atoms with E-state index >= 15 is 0 Å². The predicted octanol–water partition coefficient (Wildman–Crippen LogP) is 2.37. The van der Waals surface area contributed by atoms with E-state index in [0.717, 1.165) is 25.4 Å². The van der Waals surface area contributed by atoms with Gasteiger partial charge in [0.25, 0.3) is 0 Å². The van der Waals surface area contributed by atoms with Crippen LogP contribution in [0.2, 0.25) is 0 Å². The van der Waals surface area contributed by atoms with Gasteiger partial charge >= 0.3 is 0 Å². The zero-order valence-electron chi connectivity index (χ0n) is 10.2. The van der Waals surface area contributed by atoms with Gasteiger partial charge in [0, 0.05) is 25.7 Å². The third kappa shape index (κ3) is 1.82. The molecule has 0 aromatic carbocycles. The summed E-state index contributed by atoms with van der Waals surface area (Å²) in [5.74, 6) is 2.00. The Bertz CT molecular complexity index is 388. The average Bonchev–Trinajstić information content (AvgIpc) is 2.99. The van der Waals surface area contributed by atoms with Crippen molar-refractivity contribution in [1.82, 2.24) is 4.90 Å². The van der Waals surface area contributed by atoms with Gasteiger partial charge in [-0.15, -0.1) is 0 Å². The molecule has 1 saturated carbocycles. The van der Waals surface area contributed by atoms with Gasteiger partial charge in [-0.05, 0) is 49.4 Å². The highest BCUT2D eigenvalue weighted by Crippen LogP contribution is 2.65. The Morgan fingerprint density at radius 2 is 2.53 bits per heavy atom. The van der Waals surface area contributed by atoms with Crippen molar-refractivity contribution in [3.05, 3.63) is 24.1 Å². The lowest BCUT2D eigenvalue weighted by molar-refractivity contribution is 0.0896. The number of allylic oxidation sites excluding steroid dienone is 2. The molecular formula is C14H20N2O. The topological polar surface area (TPSA) is 35.8 Å². The Morgan fingerprint density at radius 3 is 3.35 bits per heavy atom. The number of piperidine rings is 1. The van der Waals surface area contributed by atoms with E-state index in [2.05, 4.69) is 28.8 Å². The van der Waals surface area contributed by atoms with Crippen LogP contribution >= 0.6 is 0 Å². The quantitative estimate of drug-likeness (QED) is 0.758. The van der Waals surface area contributed by atoms with Crippen molar-refractivity contribution in [3.8, 4) is 0 Å². The van der Waals surface area contributed by atoms with Crippen LogP contribution in [0.3, 0.4) is 0 Å². The summed E-state index contributed by atoms with van der Waals surface area (Å²) in [6, 6.07) is 0. The lowest BCUT2D eigenvalue weighted by Gasteiger charge is -2.41. The van der Waals surface area contributed by atoms with Gasteiger partial charge < -0.3 is 5.11 Å². The summed E-state index contributed by atoms with van der Waals surface area (Å²) in [7, 11) is 0. The highest BCUT2D eigenvalue weighted by atomic mass is 16.3. The second-order valence-corrected chi connectivity index (χ2v) is 5.69. The van der Waals surface area contributed by atoms with E-state index in [-0.39, 0.29) is 0 Å². The molecule has 0 radical (unpaired) electrons. The molecule has 0 bridgehead atoms. The number of aliphatic imine (C=N–C) groups is 1. The number of likely N-dealkylation sites (tertiary alicyclic amines) is 1. The van der Waals surface area contributed by atoms with Crippen molar-refractivity contribution in [1.29, 1.82) is 0 Å². The zero-order chi connectivity index (χ0) is 11.9. The lowest BCUT2D eigenvalue weighted by atomic mass is 9.75. The fourth-order valence-corrected chi connectivity index (χ4v) is 3.76. The largest absolute Gasteiger partial charge is 0.513 e. The molecule has 3 rings (SSSR count). The minimum absolute atomic E-state index is 0.500. The summed E-state index contributed by atoms with van der Waals surface area (Å²) in [5, 5.41) is 9.70. The Morgan fingerprint density at radius 1 is 1.65 bits per heavy atom. The highest BCUT2D eigenvalue weighted by Gasteiger charge is 2.61. The van der Waals surface area contributed by atoms with Gasteiger partial charge in [0.05, 0.1) is 5.76 Å². The van der Waals surface area contributed by atoms with Crippen LogP contribution in [0.4, 0.5) is 0 Å². The highest BCUT2D eigenvalue weighted by molar-refractivity contribution is 5.25. The first-order valence-electron chi connectivity index (χ1n) is 6.47. The van der Waals surface area contributed by atoms with Gasteiger partial charge in [-0.3, -0.25) is 9.89 Å². The third-order valence-electron chi connectivity index (χ3n) is 4.73. The fraction of sp³-hybridized carbons (Fsp3) is 0.643. The average molecular weight is 232 g/mol. The first-order valence-corrected chi connectivity index (χ1v) is 6.47. The molecule has 1 aliphatic heterocycles. The molecule has 1 N–H and O–H groups in total. The molecule has 17 heavy (non-hydrogen) atoms. The molecule has 1 saturated heterocycles. The molecule has 3 nitrogen and oxygen atoms in total. The number of hydrogen-bond donors (Lipinski definition) is 1. The van der Waals surface area contributed by atoms with Crippen molar-refractivity contribution in [2.24, 2.45) is 22.2 Å². The zero-order valence-corrected chi connectivity index (χ0v) is 10.2. The van der Waals surface area contributed by atoms with E-state index in [9.17, 15) is 5.11 Å². The Hall–Kier alpha value is -1.09. The molecule has 1 unspecified atom stereocenters. The standard InChI is InChI=1S/C14H20N2O/c1-15-4-2-5-16-6-3-11-7-13(17)8-12-9-14(11,12)10-16/h2,4,8,11-12,17H,1,3,5-7,9-10H2/b4-2+/t11-,12-,14?/m0/s1. The van der Waals surface area contributed by atoms with E-state index < -0.39 is 0 Å². The van der Waals surface area contributed by atoms with E-state index in [4.69, 9.17) is 0 Å². The number of aliphatic hydroxyl groups excluding tert-OH is 1. The molecule has 1 spiro atoms. The first-order chi connectivity index (χ1) is 8.24. The minimum atomic E-state index is 0.500. The first kappa shape index (κ1) is 11.0. The molecule has 0 amide bonds. The monoisotopic (exact) mass is 232 g/mol. The molecule has 1 heterocycles. The van der Waals surface area contributed by atoms with Gasteiger partial charge in [0.2, 0.25) is 0 Å². The summed E-state index contributed by atoms with van der Waals surface area (Å²) in [6.07, 6.45) is 9.37.